The van der Waals surface area contributed by atoms with Gasteiger partial charge in [0.05, 0.1) is 17.3 Å². The quantitative estimate of drug-likeness (QED) is 0.876. The molecule has 1 aromatic carbocycles. The predicted octanol–water partition coefficient (Wildman–Crippen LogP) is 3.10. The molecular formula is C15H14F2N2O. The Labute approximate surface area is 115 Å². The number of hydrogen-bond donors (Lipinski definition) is 1. The van der Waals surface area contributed by atoms with Crippen LogP contribution in [-0.4, -0.2) is 10.8 Å². The average Bonchev–Trinajstić information content (AvgIpc) is 2.38. The lowest BCUT2D eigenvalue weighted by atomic mass is 9.79. The van der Waals surface area contributed by atoms with Crippen LogP contribution in [0.25, 0.3) is 0 Å². The van der Waals surface area contributed by atoms with Gasteiger partial charge in [-0.3, -0.25) is 9.78 Å². The highest BCUT2D eigenvalue weighted by Crippen LogP contribution is 2.29. The summed E-state index contributed by atoms with van der Waals surface area (Å²) in [6, 6.07) is 6.21. The molecule has 20 heavy (non-hydrogen) atoms. The van der Waals surface area contributed by atoms with Gasteiger partial charge in [-0.1, -0.05) is 6.07 Å². The predicted molar refractivity (Wildman–Crippen MR) is 72.4 cm³/mol. The summed E-state index contributed by atoms with van der Waals surface area (Å²) in [6.45, 7) is 3.15. The molecule has 0 aliphatic heterocycles. The molecule has 0 radical (unpaired) electrons. The number of nitrogens with two attached hydrogens (primary N) is 1. The number of benzene rings is 1. The van der Waals surface area contributed by atoms with Crippen molar-refractivity contribution in [1.82, 2.24) is 4.98 Å². The van der Waals surface area contributed by atoms with Gasteiger partial charge in [0.2, 0.25) is 0 Å². The fourth-order valence-corrected chi connectivity index (χ4v) is 1.98. The Hall–Kier alpha value is -2.30. The van der Waals surface area contributed by atoms with Crippen molar-refractivity contribution in [1.29, 1.82) is 0 Å². The van der Waals surface area contributed by atoms with Gasteiger partial charge in [0.25, 0.3) is 0 Å². The molecule has 2 N–H and O–H groups in total. The van der Waals surface area contributed by atoms with Crippen LogP contribution in [0.4, 0.5) is 14.5 Å². The van der Waals surface area contributed by atoms with Crippen LogP contribution in [0, 0.1) is 11.6 Å². The van der Waals surface area contributed by atoms with Gasteiger partial charge in [0.1, 0.15) is 17.3 Å². The van der Waals surface area contributed by atoms with E-state index in [1.165, 1.54) is 18.3 Å². The molecule has 2 aromatic rings. The van der Waals surface area contributed by atoms with Gasteiger partial charge in [-0.2, -0.15) is 0 Å². The van der Waals surface area contributed by atoms with Crippen LogP contribution in [0.3, 0.4) is 0 Å². The van der Waals surface area contributed by atoms with Crippen LogP contribution in [-0.2, 0) is 5.41 Å². The second-order valence-electron chi connectivity index (χ2n) is 5.06. The molecule has 0 aliphatic carbocycles. The van der Waals surface area contributed by atoms with Gasteiger partial charge in [-0.25, -0.2) is 8.78 Å². The van der Waals surface area contributed by atoms with Crippen molar-refractivity contribution in [3.63, 3.8) is 0 Å². The molecule has 0 spiro atoms. The van der Waals surface area contributed by atoms with E-state index in [1.807, 2.05) is 0 Å². The lowest BCUT2D eigenvalue weighted by Crippen LogP contribution is -2.31. The number of rotatable bonds is 3. The number of ketones is 1. The van der Waals surface area contributed by atoms with Gasteiger partial charge < -0.3 is 5.73 Å². The number of Topliss-reactive ketones (excluding diaryl/α,β-unsaturated/α-hetero) is 1. The first-order valence-corrected chi connectivity index (χ1v) is 6.04. The number of halogens is 2. The molecule has 3 nitrogen and oxygen atoms in total. The summed E-state index contributed by atoms with van der Waals surface area (Å²) in [4.78, 5) is 16.4. The number of carbonyl (C=O) groups is 1. The van der Waals surface area contributed by atoms with E-state index in [0.29, 0.717) is 5.69 Å². The maximum Gasteiger partial charge on any atom is 0.191 e. The Morgan fingerprint density at radius 1 is 1.20 bits per heavy atom. The third kappa shape index (κ3) is 2.52. The van der Waals surface area contributed by atoms with E-state index in [2.05, 4.69) is 4.98 Å². The van der Waals surface area contributed by atoms with Crippen LogP contribution < -0.4 is 5.73 Å². The largest absolute Gasteiger partial charge is 0.397 e. The zero-order chi connectivity index (χ0) is 14.9. The van der Waals surface area contributed by atoms with Crippen LogP contribution >= 0.6 is 0 Å². The summed E-state index contributed by atoms with van der Waals surface area (Å²) >= 11 is 0. The third-order valence-corrected chi connectivity index (χ3v) is 3.19. The third-order valence-electron chi connectivity index (χ3n) is 3.19. The van der Waals surface area contributed by atoms with Crippen molar-refractivity contribution in [2.75, 3.05) is 5.73 Å². The van der Waals surface area contributed by atoms with Gasteiger partial charge in [0.15, 0.2) is 5.78 Å². The Morgan fingerprint density at radius 3 is 2.45 bits per heavy atom. The number of carbonyl (C=O) groups excluding carboxylic acids is 1. The Bertz CT molecular complexity index is 651. The van der Waals surface area contributed by atoms with Crippen LogP contribution in [0.15, 0.2) is 36.5 Å². The molecule has 0 saturated heterocycles. The minimum Gasteiger partial charge on any atom is -0.397 e. The number of nitrogens with zero attached hydrogens (tertiary/aromatic N) is 1. The number of pyridine rings is 1. The van der Waals surface area contributed by atoms with Crippen molar-refractivity contribution >= 4 is 11.5 Å². The van der Waals surface area contributed by atoms with E-state index in [1.54, 1.807) is 19.9 Å². The van der Waals surface area contributed by atoms with Crippen LogP contribution in [0.5, 0.6) is 0 Å². The molecule has 104 valence electrons. The van der Waals surface area contributed by atoms with Crippen LogP contribution in [0.2, 0.25) is 0 Å². The molecule has 5 heteroatoms. The first kappa shape index (κ1) is 14.1. The standard InChI is InChI=1S/C15H14F2N2O/c1-15(2,11-5-3-9(16)7-12(11)17)14(20)13-6-4-10(18)8-19-13/h3-8H,18H2,1-2H3. The highest BCUT2D eigenvalue weighted by Gasteiger charge is 2.34. The molecular weight excluding hydrogens is 262 g/mol. The van der Waals surface area contributed by atoms with E-state index in [0.717, 1.165) is 12.1 Å². The zero-order valence-electron chi connectivity index (χ0n) is 11.2. The molecule has 0 aliphatic rings. The fourth-order valence-electron chi connectivity index (χ4n) is 1.98. The van der Waals surface area contributed by atoms with Gasteiger partial charge in [-0.15, -0.1) is 0 Å². The van der Waals surface area contributed by atoms with E-state index in [9.17, 15) is 13.6 Å². The molecule has 2 rings (SSSR count). The first-order chi connectivity index (χ1) is 9.32. The molecule has 0 amide bonds. The van der Waals surface area contributed by atoms with E-state index in [-0.39, 0.29) is 17.0 Å². The lowest BCUT2D eigenvalue weighted by Gasteiger charge is -2.23. The number of aromatic nitrogens is 1. The van der Waals surface area contributed by atoms with Crippen molar-refractivity contribution in [2.24, 2.45) is 0 Å². The lowest BCUT2D eigenvalue weighted by molar-refractivity contribution is 0.0900. The monoisotopic (exact) mass is 276 g/mol. The van der Waals surface area contributed by atoms with Crippen molar-refractivity contribution in [3.05, 3.63) is 59.4 Å². The van der Waals surface area contributed by atoms with Gasteiger partial charge in [-0.05, 0) is 32.0 Å². The Morgan fingerprint density at radius 2 is 1.90 bits per heavy atom. The van der Waals surface area contributed by atoms with E-state index < -0.39 is 17.0 Å². The number of anilines is 1. The summed E-state index contributed by atoms with van der Waals surface area (Å²) < 4.78 is 26.8. The first-order valence-electron chi connectivity index (χ1n) is 6.04. The smallest absolute Gasteiger partial charge is 0.191 e. The molecule has 0 bridgehead atoms. The summed E-state index contributed by atoms with van der Waals surface area (Å²) in [7, 11) is 0. The van der Waals surface area contributed by atoms with Gasteiger partial charge >= 0.3 is 0 Å². The molecule has 1 aromatic heterocycles. The highest BCUT2D eigenvalue weighted by molar-refractivity contribution is 6.02. The maximum atomic E-state index is 13.9. The molecule has 0 saturated carbocycles. The fraction of sp³-hybridized carbons (Fsp3) is 0.200. The summed E-state index contributed by atoms with van der Waals surface area (Å²) in [5.41, 5.74) is 5.11. The Kier molecular flexibility index (Phi) is 3.53. The van der Waals surface area contributed by atoms with Crippen LogP contribution in [0.1, 0.15) is 29.9 Å². The molecule has 0 fully saturated rings. The second-order valence-corrected chi connectivity index (χ2v) is 5.06. The maximum absolute atomic E-state index is 13.9. The molecule has 0 atom stereocenters. The minimum absolute atomic E-state index is 0.127. The highest BCUT2D eigenvalue weighted by atomic mass is 19.1. The Balaban J connectivity index is 2.43. The zero-order valence-corrected chi connectivity index (χ0v) is 11.2. The van der Waals surface area contributed by atoms with E-state index in [4.69, 9.17) is 5.73 Å². The van der Waals surface area contributed by atoms with Gasteiger partial charge in [0, 0.05) is 11.6 Å². The summed E-state index contributed by atoms with van der Waals surface area (Å²) in [5.74, 6) is -1.79. The molecule has 1 heterocycles. The minimum atomic E-state index is -1.15. The van der Waals surface area contributed by atoms with Crippen molar-refractivity contribution in [3.8, 4) is 0 Å². The number of nitrogen functional groups attached to an aromatic ring is 1. The second kappa shape index (κ2) is 5.00. The average molecular weight is 276 g/mol. The van der Waals surface area contributed by atoms with Crippen molar-refractivity contribution in [2.45, 2.75) is 19.3 Å². The molecule has 0 unspecified atom stereocenters. The summed E-state index contributed by atoms with van der Waals surface area (Å²) in [6.07, 6.45) is 1.37. The topological polar surface area (TPSA) is 56.0 Å². The van der Waals surface area contributed by atoms with E-state index >= 15 is 0 Å². The number of hydrogen-bond acceptors (Lipinski definition) is 3. The SMILES string of the molecule is CC(C)(C(=O)c1ccc(N)cn1)c1ccc(F)cc1F. The van der Waals surface area contributed by atoms with Crippen molar-refractivity contribution < 1.29 is 13.6 Å². The summed E-state index contributed by atoms with van der Waals surface area (Å²) in [5, 5.41) is 0. The normalized spacial score (nSPS) is 11.4.